The van der Waals surface area contributed by atoms with E-state index in [1.807, 2.05) is 4.90 Å². The van der Waals surface area contributed by atoms with Gasteiger partial charge in [-0.1, -0.05) is 6.92 Å². The van der Waals surface area contributed by atoms with Crippen LogP contribution in [0, 0.1) is 0 Å². The highest BCUT2D eigenvalue weighted by atomic mass is 16.2. The van der Waals surface area contributed by atoms with Crippen molar-refractivity contribution in [2.24, 2.45) is 0 Å². The zero-order valence-corrected chi connectivity index (χ0v) is 9.74. The number of hydrogen-bond donors (Lipinski definition) is 0. The summed E-state index contributed by atoms with van der Waals surface area (Å²) in [4.78, 5) is 16.4. The molecule has 3 nitrogen and oxygen atoms in total. The predicted molar refractivity (Wildman–Crippen MR) is 60.8 cm³/mol. The third-order valence-electron chi connectivity index (χ3n) is 3.72. The zero-order valence-electron chi connectivity index (χ0n) is 9.74. The second kappa shape index (κ2) is 4.86. The Hall–Kier alpha value is -0.730. The molecule has 0 spiro atoms. The highest BCUT2D eigenvalue weighted by molar-refractivity contribution is 5.75. The smallest absolute Gasteiger partial charge is 0.320 e. The van der Waals surface area contributed by atoms with Gasteiger partial charge in [-0.25, -0.2) is 4.79 Å². The summed E-state index contributed by atoms with van der Waals surface area (Å²) in [6, 6.07) is 0.811. The fraction of sp³-hybridized carbons (Fsp3) is 0.917. The minimum atomic E-state index is 0.305. The summed E-state index contributed by atoms with van der Waals surface area (Å²) in [6.45, 7) is 5.13. The van der Waals surface area contributed by atoms with Crippen molar-refractivity contribution in [1.29, 1.82) is 0 Å². The molecule has 86 valence electrons. The predicted octanol–water partition coefficient (Wildman–Crippen LogP) is 2.47. The van der Waals surface area contributed by atoms with E-state index in [9.17, 15) is 4.79 Å². The fourth-order valence-electron chi connectivity index (χ4n) is 2.77. The van der Waals surface area contributed by atoms with Crippen LogP contribution in [0.15, 0.2) is 0 Å². The molecule has 0 radical (unpaired) electrons. The van der Waals surface area contributed by atoms with Crippen LogP contribution in [-0.4, -0.2) is 41.5 Å². The molecule has 2 rings (SSSR count). The van der Waals surface area contributed by atoms with Gasteiger partial charge >= 0.3 is 6.03 Å². The maximum absolute atomic E-state index is 12.2. The molecular weight excluding hydrogens is 188 g/mol. The van der Waals surface area contributed by atoms with Crippen LogP contribution >= 0.6 is 0 Å². The van der Waals surface area contributed by atoms with E-state index in [1.165, 1.54) is 32.1 Å². The first-order valence-corrected chi connectivity index (χ1v) is 6.38. The summed E-state index contributed by atoms with van der Waals surface area (Å²) < 4.78 is 0. The summed E-state index contributed by atoms with van der Waals surface area (Å²) in [5, 5.41) is 0. The number of urea groups is 1. The molecule has 3 heteroatoms. The topological polar surface area (TPSA) is 23.6 Å². The first-order chi connectivity index (χ1) is 7.33. The van der Waals surface area contributed by atoms with E-state index in [2.05, 4.69) is 11.8 Å². The number of amides is 2. The van der Waals surface area contributed by atoms with Gasteiger partial charge in [0.15, 0.2) is 0 Å². The Morgan fingerprint density at radius 3 is 2.47 bits per heavy atom. The normalized spacial score (nSPS) is 27.1. The fourth-order valence-corrected chi connectivity index (χ4v) is 2.77. The second-order valence-electron chi connectivity index (χ2n) is 4.73. The number of piperidine rings is 1. The molecule has 15 heavy (non-hydrogen) atoms. The molecule has 0 aromatic carbocycles. The van der Waals surface area contributed by atoms with E-state index in [4.69, 9.17) is 0 Å². The Balaban J connectivity index is 1.96. The van der Waals surface area contributed by atoms with Crippen molar-refractivity contribution < 1.29 is 4.79 Å². The SMILES string of the molecule is CCC1CCCCN1C(=O)N1CCCC1. The van der Waals surface area contributed by atoms with Crippen LogP contribution in [0.25, 0.3) is 0 Å². The molecule has 0 bridgehead atoms. The number of likely N-dealkylation sites (tertiary alicyclic amines) is 2. The van der Waals surface area contributed by atoms with E-state index in [-0.39, 0.29) is 0 Å². The molecular formula is C12H22N2O. The molecule has 2 aliphatic rings. The first-order valence-electron chi connectivity index (χ1n) is 6.38. The van der Waals surface area contributed by atoms with Crippen LogP contribution in [0.2, 0.25) is 0 Å². The molecule has 0 N–H and O–H groups in total. The number of rotatable bonds is 1. The lowest BCUT2D eigenvalue weighted by Crippen LogP contribution is -2.49. The standard InChI is InChI=1S/C12H22N2O/c1-2-11-7-3-4-10-14(11)12(15)13-8-5-6-9-13/h11H,2-10H2,1H3. The van der Waals surface area contributed by atoms with Crippen molar-refractivity contribution in [3.05, 3.63) is 0 Å². The minimum absolute atomic E-state index is 0.305. The van der Waals surface area contributed by atoms with Crippen LogP contribution < -0.4 is 0 Å². The number of nitrogens with zero attached hydrogens (tertiary/aromatic N) is 2. The van der Waals surface area contributed by atoms with Gasteiger partial charge < -0.3 is 9.80 Å². The van der Waals surface area contributed by atoms with Gasteiger partial charge in [0.05, 0.1) is 0 Å². The van der Waals surface area contributed by atoms with Gasteiger partial charge in [-0.05, 0) is 38.5 Å². The summed E-state index contributed by atoms with van der Waals surface area (Å²) in [6.07, 6.45) is 7.18. The molecule has 2 saturated heterocycles. The van der Waals surface area contributed by atoms with Gasteiger partial charge in [0.2, 0.25) is 0 Å². The summed E-state index contributed by atoms with van der Waals surface area (Å²) in [5.41, 5.74) is 0. The number of carbonyl (C=O) groups excluding carboxylic acids is 1. The minimum Gasteiger partial charge on any atom is -0.325 e. The van der Waals surface area contributed by atoms with E-state index in [0.29, 0.717) is 12.1 Å². The van der Waals surface area contributed by atoms with Crippen molar-refractivity contribution in [1.82, 2.24) is 9.80 Å². The summed E-state index contributed by atoms with van der Waals surface area (Å²) >= 11 is 0. The third kappa shape index (κ3) is 2.27. The molecule has 0 aromatic rings. The average molecular weight is 210 g/mol. The monoisotopic (exact) mass is 210 g/mol. The average Bonchev–Trinajstić information content (AvgIpc) is 2.81. The molecule has 2 amide bonds. The van der Waals surface area contributed by atoms with Gasteiger partial charge in [-0.3, -0.25) is 0 Å². The van der Waals surface area contributed by atoms with Gasteiger partial charge in [0.25, 0.3) is 0 Å². The quantitative estimate of drug-likeness (QED) is 0.652. The Kier molecular flexibility index (Phi) is 3.49. The maximum Gasteiger partial charge on any atom is 0.320 e. The number of hydrogen-bond acceptors (Lipinski definition) is 1. The van der Waals surface area contributed by atoms with Gasteiger partial charge in [0.1, 0.15) is 0 Å². The van der Waals surface area contributed by atoms with Crippen LogP contribution in [0.4, 0.5) is 4.79 Å². The molecule has 0 saturated carbocycles. The zero-order chi connectivity index (χ0) is 10.7. The highest BCUT2D eigenvalue weighted by Gasteiger charge is 2.29. The van der Waals surface area contributed by atoms with E-state index < -0.39 is 0 Å². The Labute approximate surface area is 92.4 Å². The van der Waals surface area contributed by atoms with Crippen molar-refractivity contribution in [3.63, 3.8) is 0 Å². The molecule has 2 heterocycles. The van der Waals surface area contributed by atoms with Crippen LogP contribution in [-0.2, 0) is 0 Å². The maximum atomic E-state index is 12.2. The second-order valence-corrected chi connectivity index (χ2v) is 4.73. The molecule has 2 fully saturated rings. The summed E-state index contributed by atoms with van der Waals surface area (Å²) in [7, 11) is 0. The largest absolute Gasteiger partial charge is 0.325 e. The lowest BCUT2D eigenvalue weighted by atomic mass is 10.0. The van der Waals surface area contributed by atoms with Gasteiger partial charge in [-0.2, -0.15) is 0 Å². The Morgan fingerprint density at radius 1 is 1.13 bits per heavy atom. The molecule has 2 aliphatic heterocycles. The summed E-state index contributed by atoms with van der Waals surface area (Å²) in [5.74, 6) is 0. The van der Waals surface area contributed by atoms with Crippen LogP contribution in [0.5, 0.6) is 0 Å². The van der Waals surface area contributed by atoms with Gasteiger partial charge in [0, 0.05) is 25.7 Å². The van der Waals surface area contributed by atoms with Crippen LogP contribution in [0.3, 0.4) is 0 Å². The number of carbonyl (C=O) groups is 1. The lowest BCUT2D eigenvalue weighted by molar-refractivity contribution is 0.120. The van der Waals surface area contributed by atoms with Crippen molar-refractivity contribution in [2.45, 2.75) is 51.5 Å². The van der Waals surface area contributed by atoms with Gasteiger partial charge in [-0.15, -0.1) is 0 Å². The van der Waals surface area contributed by atoms with Crippen molar-refractivity contribution >= 4 is 6.03 Å². The van der Waals surface area contributed by atoms with E-state index >= 15 is 0 Å². The van der Waals surface area contributed by atoms with Crippen LogP contribution in [0.1, 0.15) is 45.4 Å². The molecule has 0 aromatic heterocycles. The Bertz CT molecular complexity index is 224. The third-order valence-corrected chi connectivity index (χ3v) is 3.72. The Morgan fingerprint density at radius 2 is 1.80 bits per heavy atom. The molecule has 0 aliphatic carbocycles. The molecule has 1 atom stereocenters. The molecule has 1 unspecified atom stereocenters. The van der Waals surface area contributed by atoms with Crippen molar-refractivity contribution in [3.8, 4) is 0 Å². The first kappa shape index (κ1) is 10.8. The lowest BCUT2D eigenvalue weighted by Gasteiger charge is -2.37. The highest BCUT2D eigenvalue weighted by Crippen LogP contribution is 2.22. The van der Waals surface area contributed by atoms with Crippen molar-refractivity contribution in [2.75, 3.05) is 19.6 Å². The van der Waals surface area contributed by atoms with E-state index in [1.54, 1.807) is 0 Å². The van der Waals surface area contributed by atoms with E-state index in [0.717, 1.165) is 26.1 Å².